The Kier molecular flexibility index (Phi) is 6.05. The van der Waals surface area contributed by atoms with Gasteiger partial charge in [-0.05, 0) is 36.8 Å². The minimum atomic E-state index is 0.606. The van der Waals surface area contributed by atoms with Gasteiger partial charge in [0, 0.05) is 38.9 Å². The number of nitrogens with zero attached hydrogens (tertiary/aromatic N) is 5. The fourth-order valence-electron chi connectivity index (χ4n) is 2.96. The van der Waals surface area contributed by atoms with Crippen LogP contribution in [0.2, 0.25) is 0 Å². The zero-order chi connectivity index (χ0) is 18.2. The Morgan fingerprint density at radius 3 is 2.54 bits per heavy atom. The Balaban J connectivity index is 1.61. The zero-order valence-corrected chi connectivity index (χ0v) is 15.1. The molecule has 1 N–H and O–H groups in total. The monoisotopic (exact) mass is 348 g/mol. The summed E-state index contributed by atoms with van der Waals surface area (Å²) >= 11 is 0. The molecule has 6 heteroatoms. The lowest BCUT2D eigenvalue weighted by atomic mass is 10.1. The van der Waals surface area contributed by atoms with Gasteiger partial charge in [-0.1, -0.05) is 18.2 Å². The van der Waals surface area contributed by atoms with Crippen LogP contribution in [0.3, 0.4) is 0 Å². The van der Waals surface area contributed by atoms with Gasteiger partial charge in [-0.2, -0.15) is 5.26 Å². The van der Waals surface area contributed by atoms with Crippen LogP contribution in [0, 0.1) is 11.3 Å². The van der Waals surface area contributed by atoms with Crippen molar-refractivity contribution in [3.05, 3.63) is 59.8 Å². The van der Waals surface area contributed by atoms with E-state index in [0.717, 1.165) is 50.1 Å². The number of nitriles is 1. The number of piperazine rings is 1. The first kappa shape index (κ1) is 17.7. The summed E-state index contributed by atoms with van der Waals surface area (Å²) in [5, 5.41) is 12.3. The molecule has 0 saturated carbocycles. The summed E-state index contributed by atoms with van der Waals surface area (Å²) in [6.45, 7) is 7.21. The number of hydrogen-bond acceptors (Lipinski definition) is 4. The molecule has 1 saturated heterocycles. The highest BCUT2D eigenvalue weighted by Gasteiger charge is 2.20. The number of pyridine rings is 1. The van der Waals surface area contributed by atoms with Crippen LogP contribution < -0.4 is 10.2 Å². The van der Waals surface area contributed by atoms with E-state index in [1.54, 1.807) is 0 Å². The molecule has 1 aliphatic rings. The van der Waals surface area contributed by atoms with Gasteiger partial charge < -0.3 is 15.1 Å². The number of aliphatic imine (C=N–C) groups is 1. The third-order valence-electron chi connectivity index (χ3n) is 4.38. The predicted octanol–water partition coefficient (Wildman–Crippen LogP) is 2.24. The Bertz CT molecular complexity index is 755. The fourth-order valence-corrected chi connectivity index (χ4v) is 2.96. The molecule has 2 aromatic rings. The van der Waals surface area contributed by atoms with E-state index in [2.05, 4.69) is 39.2 Å². The van der Waals surface area contributed by atoms with E-state index in [0.29, 0.717) is 12.1 Å². The standard InChI is InChI=1S/C20H24N6/c1-2-22-20(24-16-18-8-6-17(15-21)7-9-18)26-13-11-25(12-14-26)19-5-3-4-10-23-19/h3-10H,2,11-14,16H2,1H3,(H,22,24). The van der Waals surface area contributed by atoms with Crippen LogP contribution in [0.1, 0.15) is 18.1 Å². The smallest absolute Gasteiger partial charge is 0.194 e. The maximum atomic E-state index is 8.89. The molecule has 1 fully saturated rings. The van der Waals surface area contributed by atoms with E-state index < -0.39 is 0 Å². The quantitative estimate of drug-likeness (QED) is 0.678. The topological polar surface area (TPSA) is 67.6 Å². The number of benzene rings is 1. The van der Waals surface area contributed by atoms with Gasteiger partial charge in [0.1, 0.15) is 5.82 Å². The molecule has 0 radical (unpaired) electrons. The minimum absolute atomic E-state index is 0.606. The summed E-state index contributed by atoms with van der Waals surface area (Å²) in [7, 11) is 0. The Labute approximate surface area is 154 Å². The van der Waals surface area contributed by atoms with Crippen LogP contribution in [0.25, 0.3) is 0 Å². The van der Waals surface area contributed by atoms with Gasteiger partial charge in [-0.3, -0.25) is 0 Å². The third-order valence-corrected chi connectivity index (χ3v) is 4.38. The molecule has 0 amide bonds. The zero-order valence-electron chi connectivity index (χ0n) is 15.1. The van der Waals surface area contributed by atoms with E-state index in [-0.39, 0.29) is 0 Å². The molecule has 0 aliphatic carbocycles. The molecule has 1 aliphatic heterocycles. The highest BCUT2D eigenvalue weighted by atomic mass is 15.4. The van der Waals surface area contributed by atoms with E-state index in [4.69, 9.17) is 10.3 Å². The van der Waals surface area contributed by atoms with Crippen molar-refractivity contribution in [2.24, 2.45) is 4.99 Å². The van der Waals surface area contributed by atoms with Crippen molar-refractivity contribution in [3.8, 4) is 6.07 Å². The van der Waals surface area contributed by atoms with Crippen LogP contribution in [0.5, 0.6) is 0 Å². The predicted molar refractivity (Wildman–Crippen MR) is 104 cm³/mol. The first-order chi connectivity index (χ1) is 12.8. The van der Waals surface area contributed by atoms with Crippen molar-refractivity contribution in [3.63, 3.8) is 0 Å². The lowest BCUT2D eigenvalue weighted by Crippen LogP contribution is -2.52. The molecular formula is C20H24N6. The summed E-state index contributed by atoms with van der Waals surface area (Å²) in [5.41, 5.74) is 1.78. The first-order valence-electron chi connectivity index (χ1n) is 8.98. The summed E-state index contributed by atoms with van der Waals surface area (Å²) < 4.78 is 0. The van der Waals surface area contributed by atoms with Gasteiger partial charge >= 0.3 is 0 Å². The van der Waals surface area contributed by atoms with E-state index in [1.807, 2.05) is 42.6 Å². The summed E-state index contributed by atoms with van der Waals surface area (Å²) in [4.78, 5) is 13.8. The SMILES string of the molecule is CCNC(=NCc1ccc(C#N)cc1)N1CCN(c2ccccn2)CC1. The summed E-state index contributed by atoms with van der Waals surface area (Å²) in [5.74, 6) is 1.98. The average Bonchev–Trinajstić information content (AvgIpc) is 2.72. The van der Waals surface area contributed by atoms with Crippen molar-refractivity contribution in [1.29, 1.82) is 5.26 Å². The molecule has 0 atom stereocenters. The molecule has 2 heterocycles. The lowest BCUT2D eigenvalue weighted by Gasteiger charge is -2.37. The van der Waals surface area contributed by atoms with Gasteiger partial charge in [0.25, 0.3) is 0 Å². The van der Waals surface area contributed by atoms with Gasteiger partial charge in [-0.25, -0.2) is 9.98 Å². The maximum absolute atomic E-state index is 8.89. The summed E-state index contributed by atoms with van der Waals surface area (Å²) in [6.07, 6.45) is 1.84. The Morgan fingerprint density at radius 2 is 1.92 bits per heavy atom. The Morgan fingerprint density at radius 1 is 1.15 bits per heavy atom. The number of hydrogen-bond donors (Lipinski definition) is 1. The van der Waals surface area contributed by atoms with Crippen LogP contribution in [-0.4, -0.2) is 48.6 Å². The lowest BCUT2D eigenvalue weighted by molar-refractivity contribution is 0.371. The van der Waals surface area contributed by atoms with Crippen molar-refractivity contribution in [1.82, 2.24) is 15.2 Å². The largest absolute Gasteiger partial charge is 0.357 e. The van der Waals surface area contributed by atoms with Gasteiger partial charge in [-0.15, -0.1) is 0 Å². The molecule has 1 aromatic heterocycles. The molecule has 134 valence electrons. The molecule has 0 bridgehead atoms. The van der Waals surface area contributed by atoms with Crippen LogP contribution >= 0.6 is 0 Å². The van der Waals surface area contributed by atoms with E-state index >= 15 is 0 Å². The third kappa shape index (κ3) is 4.51. The number of anilines is 1. The van der Waals surface area contributed by atoms with Crippen molar-refractivity contribution in [2.45, 2.75) is 13.5 Å². The summed E-state index contributed by atoms with van der Waals surface area (Å²) in [6, 6.07) is 15.8. The average molecular weight is 348 g/mol. The first-order valence-corrected chi connectivity index (χ1v) is 8.98. The van der Waals surface area contributed by atoms with Crippen LogP contribution in [-0.2, 0) is 6.54 Å². The molecular weight excluding hydrogens is 324 g/mol. The number of rotatable bonds is 4. The molecule has 26 heavy (non-hydrogen) atoms. The van der Waals surface area contributed by atoms with Crippen molar-refractivity contribution >= 4 is 11.8 Å². The second-order valence-electron chi connectivity index (χ2n) is 6.14. The normalized spacial score (nSPS) is 14.8. The second kappa shape index (κ2) is 8.86. The van der Waals surface area contributed by atoms with Crippen LogP contribution in [0.15, 0.2) is 53.7 Å². The fraction of sp³-hybridized carbons (Fsp3) is 0.350. The highest BCUT2D eigenvalue weighted by molar-refractivity contribution is 5.80. The number of aromatic nitrogens is 1. The van der Waals surface area contributed by atoms with Crippen molar-refractivity contribution < 1.29 is 0 Å². The van der Waals surface area contributed by atoms with E-state index in [1.165, 1.54) is 0 Å². The van der Waals surface area contributed by atoms with E-state index in [9.17, 15) is 0 Å². The van der Waals surface area contributed by atoms with Crippen molar-refractivity contribution in [2.75, 3.05) is 37.6 Å². The van der Waals surface area contributed by atoms with Gasteiger partial charge in [0.15, 0.2) is 5.96 Å². The highest BCUT2D eigenvalue weighted by Crippen LogP contribution is 2.13. The minimum Gasteiger partial charge on any atom is -0.357 e. The number of nitrogens with one attached hydrogen (secondary N) is 1. The molecule has 3 rings (SSSR count). The van der Waals surface area contributed by atoms with Gasteiger partial charge in [0.05, 0.1) is 18.2 Å². The molecule has 0 unspecified atom stereocenters. The second-order valence-corrected chi connectivity index (χ2v) is 6.14. The molecule has 0 spiro atoms. The van der Waals surface area contributed by atoms with Gasteiger partial charge in [0.2, 0.25) is 0 Å². The molecule has 6 nitrogen and oxygen atoms in total. The number of guanidine groups is 1. The Hall–Kier alpha value is -3.07. The maximum Gasteiger partial charge on any atom is 0.194 e. The van der Waals surface area contributed by atoms with Crippen LogP contribution in [0.4, 0.5) is 5.82 Å². The molecule has 1 aromatic carbocycles.